The fourth-order valence-electron chi connectivity index (χ4n) is 2.72. The first-order valence-corrected chi connectivity index (χ1v) is 8.87. The van der Waals surface area contributed by atoms with E-state index < -0.39 is 5.41 Å². The summed E-state index contributed by atoms with van der Waals surface area (Å²) in [6.45, 7) is 0.397. The SMILES string of the molecule is N#CC=CSc1ccc(C2(C(=O)NCc3ccc(F)cc3)CC2)cc1. The first-order valence-electron chi connectivity index (χ1n) is 7.99. The van der Waals surface area contributed by atoms with Gasteiger partial charge in [-0.15, -0.1) is 0 Å². The topological polar surface area (TPSA) is 52.9 Å². The third-order valence-electron chi connectivity index (χ3n) is 4.30. The minimum atomic E-state index is -0.439. The molecule has 1 N–H and O–H groups in total. The van der Waals surface area contributed by atoms with E-state index in [1.165, 1.54) is 30.0 Å². The maximum Gasteiger partial charge on any atom is 0.230 e. The van der Waals surface area contributed by atoms with Crippen molar-refractivity contribution >= 4 is 17.7 Å². The number of benzene rings is 2. The Kier molecular flexibility index (Phi) is 5.20. The zero-order valence-electron chi connectivity index (χ0n) is 13.5. The van der Waals surface area contributed by atoms with Gasteiger partial charge in [-0.05, 0) is 53.6 Å². The highest BCUT2D eigenvalue weighted by Crippen LogP contribution is 2.48. The molecule has 1 amide bonds. The summed E-state index contributed by atoms with van der Waals surface area (Å²) < 4.78 is 12.9. The van der Waals surface area contributed by atoms with Crippen LogP contribution in [0.4, 0.5) is 4.39 Å². The number of carbonyl (C=O) groups is 1. The molecule has 1 aliphatic rings. The number of rotatable bonds is 6. The number of amides is 1. The van der Waals surface area contributed by atoms with Crippen LogP contribution in [0.3, 0.4) is 0 Å². The largest absolute Gasteiger partial charge is 0.351 e. The first kappa shape index (κ1) is 17.2. The zero-order chi connectivity index (χ0) is 17.7. The molecule has 0 unspecified atom stereocenters. The third-order valence-corrected chi connectivity index (χ3v) is 5.12. The van der Waals surface area contributed by atoms with Crippen LogP contribution in [0.25, 0.3) is 0 Å². The molecule has 2 aromatic rings. The smallest absolute Gasteiger partial charge is 0.230 e. The van der Waals surface area contributed by atoms with Gasteiger partial charge in [0.2, 0.25) is 5.91 Å². The fraction of sp³-hybridized carbons (Fsp3) is 0.200. The lowest BCUT2D eigenvalue weighted by Crippen LogP contribution is -2.34. The van der Waals surface area contributed by atoms with E-state index in [9.17, 15) is 9.18 Å². The maximum absolute atomic E-state index is 12.9. The second-order valence-corrected chi connectivity index (χ2v) is 6.94. The minimum absolute atomic E-state index is 0.0154. The molecule has 0 radical (unpaired) electrons. The molecule has 1 aliphatic carbocycles. The normalized spacial score (nSPS) is 14.9. The van der Waals surface area contributed by atoms with Crippen molar-refractivity contribution in [2.45, 2.75) is 29.7 Å². The highest BCUT2D eigenvalue weighted by atomic mass is 32.2. The lowest BCUT2D eigenvalue weighted by molar-refractivity contribution is -0.123. The van der Waals surface area contributed by atoms with Gasteiger partial charge in [0.05, 0.1) is 11.5 Å². The molecule has 3 rings (SSSR count). The average molecular weight is 352 g/mol. The number of hydrogen-bond donors (Lipinski definition) is 1. The molecule has 5 heteroatoms. The summed E-state index contributed by atoms with van der Waals surface area (Å²) in [5, 5.41) is 13.2. The Labute approximate surface area is 150 Å². The number of thioether (sulfide) groups is 1. The highest BCUT2D eigenvalue weighted by Gasteiger charge is 2.50. The predicted octanol–water partition coefficient (Wildman–Crippen LogP) is 4.30. The molecule has 0 aromatic heterocycles. The number of halogens is 1. The summed E-state index contributed by atoms with van der Waals surface area (Å²) in [6, 6.07) is 16.0. The van der Waals surface area contributed by atoms with Crippen molar-refractivity contribution in [3.05, 3.63) is 77.0 Å². The zero-order valence-corrected chi connectivity index (χ0v) is 14.4. The van der Waals surface area contributed by atoms with Crippen LogP contribution in [0.15, 0.2) is 64.9 Å². The molecule has 3 nitrogen and oxygen atoms in total. The van der Waals surface area contributed by atoms with E-state index in [0.29, 0.717) is 6.54 Å². The molecule has 0 aliphatic heterocycles. The molecule has 0 saturated heterocycles. The van der Waals surface area contributed by atoms with Crippen LogP contribution < -0.4 is 5.32 Å². The predicted molar refractivity (Wildman–Crippen MR) is 96.2 cm³/mol. The molecule has 126 valence electrons. The second-order valence-electron chi connectivity index (χ2n) is 5.97. The van der Waals surface area contributed by atoms with Crippen LogP contribution >= 0.6 is 11.8 Å². The Morgan fingerprint density at radius 1 is 1.20 bits per heavy atom. The van der Waals surface area contributed by atoms with E-state index in [1.54, 1.807) is 17.5 Å². The van der Waals surface area contributed by atoms with E-state index in [0.717, 1.165) is 28.9 Å². The van der Waals surface area contributed by atoms with Crippen molar-refractivity contribution in [3.63, 3.8) is 0 Å². The van der Waals surface area contributed by atoms with Crippen molar-refractivity contribution < 1.29 is 9.18 Å². The van der Waals surface area contributed by atoms with Gasteiger partial charge in [-0.1, -0.05) is 36.0 Å². The number of allylic oxidation sites excluding steroid dienone is 1. The molecule has 25 heavy (non-hydrogen) atoms. The number of carbonyl (C=O) groups excluding carboxylic acids is 1. The van der Waals surface area contributed by atoms with Crippen LogP contribution in [0.5, 0.6) is 0 Å². The quantitative estimate of drug-likeness (QED) is 0.623. The summed E-state index contributed by atoms with van der Waals surface area (Å²) >= 11 is 1.47. The van der Waals surface area contributed by atoms with Gasteiger partial charge in [0.15, 0.2) is 0 Å². The van der Waals surface area contributed by atoms with Crippen molar-refractivity contribution in [3.8, 4) is 6.07 Å². The van der Waals surface area contributed by atoms with Crippen molar-refractivity contribution in [2.24, 2.45) is 0 Å². The number of nitrogens with one attached hydrogen (secondary N) is 1. The minimum Gasteiger partial charge on any atom is -0.351 e. The molecule has 0 bridgehead atoms. The molecule has 0 heterocycles. The van der Waals surface area contributed by atoms with Gasteiger partial charge in [-0.25, -0.2) is 4.39 Å². The van der Waals surface area contributed by atoms with Gasteiger partial charge in [0, 0.05) is 17.5 Å². The molecule has 1 saturated carbocycles. The van der Waals surface area contributed by atoms with E-state index in [2.05, 4.69) is 5.32 Å². The maximum atomic E-state index is 12.9. The highest BCUT2D eigenvalue weighted by molar-refractivity contribution is 8.02. The Morgan fingerprint density at radius 2 is 1.88 bits per heavy atom. The summed E-state index contributed by atoms with van der Waals surface area (Å²) in [5.74, 6) is -0.266. The third kappa shape index (κ3) is 4.09. The van der Waals surface area contributed by atoms with E-state index in [4.69, 9.17) is 5.26 Å². The molecule has 1 fully saturated rings. The van der Waals surface area contributed by atoms with Gasteiger partial charge in [-0.3, -0.25) is 4.79 Å². The van der Waals surface area contributed by atoms with Gasteiger partial charge < -0.3 is 5.32 Å². The molecule has 0 atom stereocenters. The molecular formula is C20H17FN2OS. The Hall–Kier alpha value is -2.58. The van der Waals surface area contributed by atoms with Crippen LogP contribution in [0.1, 0.15) is 24.0 Å². The van der Waals surface area contributed by atoms with E-state index >= 15 is 0 Å². The average Bonchev–Trinajstić information content (AvgIpc) is 3.44. The number of nitrogens with zero attached hydrogens (tertiary/aromatic N) is 1. The van der Waals surface area contributed by atoms with Crippen LogP contribution in [-0.4, -0.2) is 5.91 Å². The first-order chi connectivity index (χ1) is 12.1. The lowest BCUT2D eigenvalue weighted by atomic mass is 9.95. The van der Waals surface area contributed by atoms with Crippen molar-refractivity contribution in [1.82, 2.24) is 5.32 Å². The van der Waals surface area contributed by atoms with Crippen LogP contribution in [-0.2, 0) is 16.8 Å². The number of hydrogen-bond acceptors (Lipinski definition) is 3. The standard InChI is InChI=1S/C20H17FN2OS/c21-17-6-2-15(3-7-17)14-23-19(24)20(10-11-20)16-4-8-18(9-5-16)25-13-1-12-22/h1-9,13H,10-11,14H2,(H,23,24). The summed E-state index contributed by atoms with van der Waals surface area (Å²) in [6.07, 6.45) is 3.11. The van der Waals surface area contributed by atoms with E-state index in [1.807, 2.05) is 30.3 Å². The Morgan fingerprint density at radius 3 is 2.48 bits per heavy atom. The molecule has 0 spiro atoms. The van der Waals surface area contributed by atoms with Gasteiger partial charge >= 0.3 is 0 Å². The van der Waals surface area contributed by atoms with Crippen molar-refractivity contribution in [2.75, 3.05) is 0 Å². The molecular weight excluding hydrogens is 335 g/mol. The fourth-order valence-corrected chi connectivity index (χ4v) is 3.30. The van der Waals surface area contributed by atoms with Crippen LogP contribution in [0.2, 0.25) is 0 Å². The Balaban J connectivity index is 1.63. The summed E-state index contributed by atoms with van der Waals surface area (Å²) in [7, 11) is 0. The van der Waals surface area contributed by atoms with Gasteiger partial charge in [0.1, 0.15) is 5.82 Å². The van der Waals surface area contributed by atoms with Gasteiger partial charge in [0.25, 0.3) is 0 Å². The second kappa shape index (κ2) is 7.54. The van der Waals surface area contributed by atoms with Crippen LogP contribution in [0, 0.1) is 17.1 Å². The van der Waals surface area contributed by atoms with Gasteiger partial charge in [-0.2, -0.15) is 5.26 Å². The monoisotopic (exact) mass is 352 g/mol. The van der Waals surface area contributed by atoms with Crippen molar-refractivity contribution in [1.29, 1.82) is 5.26 Å². The van der Waals surface area contributed by atoms with E-state index in [-0.39, 0.29) is 11.7 Å². The number of nitriles is 1. The molecule has 2 aromatic carbocycles. The summed E-state index contributed by atoms with van der Waals surface area (Å²) in [5.41, 5.74) is 1.45. The Bertz CT molecular complexity index is 818. The summed E-state index contributed by atoms with van der Waals surface area (Å²) in [4.78, 5) is 13.7. The lowest BCUT2D eigenvalue weighted by Gasteiger charge is -2.16.